The molecule has 3 N–H and O–H groups in total. The summed E-state index contributed by atoms with van der Waals surface area (Å²) in [4.78, 5) is 39.9. The number of pyridine rings is 1. The van der Waals surface area contributed by atoms with Crippen molar-refractivity contribution in [1.82, 2.24) is 10.3 Å². The molecule has 0 aliphatic carbocycles. The van der Waals surface area contributed by atoms with E-state index in [1.54, 1.807) is 24.3 Å². The third-order valence-electron chi connectivity index (χ3n) is 5.33. The molecule has 7 nitrogen and oxygen atoms in total. The van der Waals surface area contributed by atoms with Gasteiger partial charge in [0.1, 0.15) is 11.4 Å². The smallest absolute Gasteiger partial charge is 0.267 e. The highest BCUT2D eigenvalue weighted by Gasteiger charge is 2.10. The third kappa shape index (κ3) is 6.58. The van der Waals surface area contributed by atoms with Gasteiger partial charge in [-0.15, -0.1) is 0 Å². The van der Waals surface area contributed by atoms with Gasteiger partial charge >= 0.3 is 0 Å². The Morgan fingerprint density at radius 3 is 2.57 bits per heavy atom. The Balaban J connectivity index is 1.25. The number of amides is 2. The first kappa shape index (κ1) is 24.2. The van der Waals surface area contributed by atoms with Crippen LogP contribution in [-0.2, 0) is 11.2 Å². The van der Waals surface area contributed by atoms with Gasteiger partial charge < -0.3 is 20.4 Å². The number of fused-ring (bicyclic) bond motifs is 1. The molecule has 0 aliphatic heterocycles. The van der Waals surface area contributed by atoms with Gasteiger partial charge in [0.15, 0.2) is 12.0 Å². The molecule has 0 spiro atoms. The summed E-state index contributed by atoms with van der Waals surface area (Å²) >= 11 is 3.35. The van der Waals surface area contributed by atoms with E-state index in [1.807, 2.05) is 49.4 Å². The van der Waals surface area contributed by atoms with Crippen LogP contribution in [0.3, 0.4) is 0 Å². The number of nitrogens with one attached hydrogen (secondary N) is 3. The number of benzene rings is 3. The summed E-state index contributed by atoms with van der Waals surface area (Å²) in [6.45, 7) is 2.27. The van der Waals surface area contributed by atoms with Crippen molar-refractivity contribution in [2.45, 2.75) is 13.3 Å². The summed E-state index contributed by atoms with van der Waals surface area (Å²) in [6, 6.07) is 21.5. The van der Waals surface area contributed by atoms with Crippen molar-refractivity contribution >= 4 is 44.3 Å². The SMILES string of the molecule is Cc1cccc(NC(=O)COc2ccc(CCNC(=O)c3cc(=O)c4cc(Br)ccc4[nH]3)cc2)c1. The number of anilines is 1. The first-order chi connectivity index (χ1) is 16.9. The zero-order chi connectivity index (χ0) is 24.8. The van der Waals surface area contributed by atoms with Crippen LogP contribution in [0.4, 0.5) is 5.69 Å². The third-order valence-corrected chi connectivity index (χ3v) is 5.82. The van der Waals surface area contributed by atoms with Gasteiger partial charge in [0.05, 0.1) is 0 Å². The Labute approximate surface area is 210 Å². The van der Waals surface area contributed by atoms with Gasteiger partial charge in [0.25, 0.3) is 11.8 Å². The van der Waals surface area contributed by atoms with Crippen molar-refractivity contribution in [3.8, 4) is 5.75 Å². The molecular weight excluding hydrogens is 510 g/mol. The highest BCUT2D eigenvalue weighted by molar-refractivity contribution is 9.10. The number of aryl methyl sites for hydroxylation is 1. The Bertz CT molecular complexity index is 1430. The fraction of sp³-hybridized carbons (Fsp3) is 0.148. The quantitative estimate of drug-likeness (QED) is 0.308. The monoisotopic (exact) mass is 533 g/mol. The van der Waals surface area contributed by atoms with Gasteiger partial charge in [-0.1, -0.05) is 40.2 Å². The molecule has 4 aromatic rings. The van der Waals surface area contributed by atoms with Crippen LogP contribution < -0.4 is 20.8 Å². The summed E-state index contributed by atoms with van der Waals surface area (Å²) in [7, 11) is 0. The predicted octanol–water partition coefficient (Wildman–Crippen LogP) is 4.59. The Morgan fingerprint density at radius 2 is 1.80 bits per heavy atom. The number of rotatable bonds is 8. The average Bonchev–Trinajstić information content (AvgIpc) is 2.84. The average molecular weight is 534 g/mol. The standard InChI is InChI=1S/C27H24BrN3O4/c1-17-3-2-4-20(13-17)30-26(33)16-35-21-8-5-18(6-9-21)11-12-29-27(34)24-15-25(32)22-14-19(28)7-10-23(22)31-24/h2-10,13-15H,11-12,16H2,1H3,(H,29,34)(H,30,33)(H,31,32). The summed E-state index contributed by atoms with van der Waals surface area (Å²) in [5.41, 5.74) is 3.41. The van der Waals surface area contributed by atoms with Gasteiger partial charge in [-0.05, 0) is 66.9 Å². The van der Waals surface area contributed by atoms with E-state index in [0.29, 0.717) is 29.6 Å². The molecule has 1 heterocycles. The van der Waals surface area contributed by atoms with E-state index in [2.05, 4.69) is 31.5 Å². The molecule has 35 heavy (non-hydrogen) atoms. The fourth-order valence-corrected chi connectivity index (χ4v) is 3.94. The van der Waals surface area contributed by atoms with E-state index >= 15 is 0 Å². The van der Waals surface area contributed by atoms with E-state index in [0.717, 1.165) is 21.3 Å². The van der Waals surface area contributed by atoms with Crippen molar-refractivity contribution in [2.75, 3.05) is 18.5 Å². The fourth-order valence-electron chi connectivity index (χ4n) is 3.58. The van der Waals surface area contributed by atoms with Crippen LogP contribution in [0.25, 0.3) is 10.9 Å². The second-order valence-corrected chi connectivity index (χ2v) is 9.01. The van der Waals surface area contributed by atoms with Gasteiger partial charge in [-0.25, -0.2) is 0 Å². The minimum Gasteiger partial charge on any atom is -0.484 e. The van der Waals surface area contributed by atoms with Gasteiger partial charge in [-0.3, -0.25) is 14.4 Å². The Hall–Kier alpha value is -3.91. The molecule has 3 aromatic carbocycles. The maximum absolute atomic E-state index is 12.5. The van der Waals surface area contributed by atoms with E-state index in [9.17, 15) is 14.4 Å². The largest absolute Gasteiger partial charge is 0.484 e. The molecule has 0 bridgehead atoms. The molecule has 1 aromatic heterocycles. The molecule has 0 aliphatic rings. The van der Waals surface area contributed by atoms with Gasteiger partial charge in [-0.2, -0.15) is 0 Å². The maximum atomic E-state index is 12.5. The molecule has 0 saturated carbocycles. The molecule has 2 amide bonds. The Kier molecular flexibility index (Phi) is 7.62. The topological polar surface area (TPSA) is 100 Å². The van der Waals surface area contributed by atoms with Crippen LogP contribution in [0.5, 0.6) is 5.75 Å². The van der Waals surface area contributed by atoms with Crippen LogP contribution in [0.1, 0.15) is 21.6 Å². The van der Waals surface area contributed by atoms with Crippen LogP contribution in [0, 0.1) is 6.92 Å². The molecule has 0 atom stereocenters. The molecule has 0 radical (unpaired) electrons. The van der Waals surface area contributed by atoms with Crippen LogP contribution in [0.15, 0.2) is 82.1 Å². The lowest BCUT2D eigenvalue weighted by atomic mass is 10.1. The van der Waals surface area contributed by atoms with E-state index < -0.39 is 0 Å². The van der Waals surface area contributed by atoms with E-state index in [4.69, 9.17) is 4.74 Å². The van der Waals surface area contributed by atoms with E-state index in [-0.39, 0.29) is 29.5 Å². The predicted molar refractivity (Wildman–Crippen MR) is 140 cm³/mol. The van der Waals surface area contributed by atoms with Crippen LogP contribution in [0.2, 0.25) is 0 Å². The maximum Gasteiger partial charge on any atom is 0.267 e. The van der Waals surface area contributed by atoms with E-state index in [1.165, 1.54) is 6.07 Å². The molecule has 0 saturated heterocycles. The van der Waals surface area contributed by atoms with Crippen LogP contribution >= 0.6 is 15.9 Å². The lowest BCUT2D eigenvalue weighted by molar-refractivity contribution is -0.118. The Morgan fingerprint density at radius 1 is 1.00 bits per heavy atom. The summed E-state index contributed by atoms with van der Waals surface area (Å²) in [5.74, 6) is 0.00537. The summed E-state index contributed by atoms with van der Waals surface area (Å²) in [5, 5.41) is 6.15. The molecular formula is C27H24BrN3O4. The van der Waals surface area contributed by atoms with Crippen molar-refractivity contribution < 1.29 is 14.3 Å². The normalized spacial score (nSPS) is 10.7. The van der Waals surface area contributed by atoms with Crippen molar-refractivity contribution in [1.29, 1.82) is 0 Å². The van der Waals surface area contributed by atoms with Crippen molar-refractivity contribution in [2.24, 2.45) is 0 Å². The number of halogens is 1. The number of H-pyrrole nitrogens is 1. The highest BCUT2D eigenvalue weighted by Crippen LogP contribution is 2.16. The summed E-state index contributed by atoms with van der Waals surface area (Å²) in [6.07, 6.45) is 0.602. The molecule has 0 fully saturated rings. The lowest BCUT2D eigenvalue weighted by Gasteiger charge is -2.09. The summed E-state index contributed by atoms with van der Waals surface area (Å²) < 4.78 is 6.36. The number of hydrogen-bond donors (Lipinski definition) is 3. The molecule has 8 heteroatoms. The number of hydrogen-bond acceptors (Lipinski definition) is 4. The van der Waals surface area contributed by atoms with Gasteiger partial charge in [0.2, 0.25) is 0 Å². The van der Waals surface area contributed by atoms with Crippen molar-refractivity contribution in [3.05, 3.63) is 104 Å². The minimum atomic E-state index is -0.341. The molecule has 4 rings (SSSR count). The van der Waals surface area contributed by atoms with Gasteiger partial charge in [0, 0.05) is 33.7 Å². The highest BCUT2D eigenvalue weighted by atomic mass is 79.9. The molecule has 0 unspecified atom stereocenters. The minimum absolute atomic E-state index is 0.0930. The first-order valence-corrected chi connectivity index (χ1v) is 11.9. The number of ether oxygens (including phenoxy) is 1. The lowest BCUT2D eigenvalue weighted by Crippen LogP contribution is -2.27. The van der Waals surface area contributed by atoms with Crippen LogP contribution in [-0.4, -0.2) is 29.9 Å². The number of aromatic nitrogens is 1. The zero-order valence-corrected chi connectivity index (χ0v) is 20.6. The molecule has 178 valence electrons. The number of aromatic amines is 1. The number of carbonyl (C=O) groups is 2. The zero-order valence-electron chi connectivity index (χ0n) is 19.1. The van der Waals surface area contributed by atoms with Crippen molar-refractivity contribution in [3.63, 3.8) is 0 Å². The number of carbonyl (C=O) groups excluding carboxylic acids is 2. The second-order valence-electron chi connectivity index (χ2n) is 8.09. The second kappa shape index (κ2) is 11.0. The first-order valence-electron chi connectivity index (χ1n) is 11.1.